The number of benzene rings is 1. The molecule has 0 aliphatic carbocycles. The topological polar surface area (TPSA) is 66.4 Å². The number of hydrogen-bond acceptors (Lipinski definition) is 6. The quantitative estimate of drug-likeness (QED) is 0.641. The van der Waals surface area contributed by atoms with Crippen molar-refractivity contribution in [3.05, 3.63) is 59.5 Å². The van der Waals surface area contributed by atoms with Crippen molar-refractivity contribution in [1.29, 1.82) is 0 Å². The van der Waals surface area contributed by atoms with E-state index in [1.54, 1.807) is 10.4 Å². The van der Waals surface area contributed by atoms with Crippen molar-refractivity contribution >= 4 is 27.2 Å². The molecular formula is C20H22N4O2S2. The van der Waals surface area contributed by atoms with Crippen molar-refractivity contribution in [3.8, 4) is 11.3 Å². The van der Waals surface area contributed by atoms with Gasteiger partial charge in [0, 0.05) is 36.6 Å². The third-order valence-electron chi connectivity index (χ3n) is 4.86. The number of hydrogen-bond donors (Lipinski definition) is 0. The number of sulfonamides is 1. The summed E-state index contributed by atoms with van der Waals surface area (Å²) in [5.41, 5.74) is 1.86. The zero-order valence-corrected chi connectivity index (χ0v) is 17.3. The molecule has 1 aromatic carbocycles. The molecule has 3 heterocycles. The lowest BCUT2D eigenvalue weighted by molar-refractivity contribution is 0.384. The van der Waals surface area contributed by atoms with Gasteiger partial charge in [-0.2, -0.15) is 4.31 Å². The lowest BCUT2D eigenvalue weighted by Gasteiger charge is -2.34. The van der Waals surface area contributed by atoms with Crippen LogP contribution in [-0.2, 0) is 16.4 Å². The molecule has 146 valence electrons. The Morgan fingerprint density at radius 2 is 1.68 bits per heavy atom. The van der Waals surface area contributed by atoms with Gasteiger partial charge in [0.25, 0.3) is 10.0 Å². The summed E-state index contributed by atoms with van der Waals surface area (Å²) >= 11 is 1.36. The first-order chi connectivity index (χ1) is 13.6. The Morgan fingerprint density at radius 1 is 0.929 bits per heavy atom. The number of anilines is 1. The van der Waals surface area contributed by atoms with E-state index >= 15 is 0 Å². The minimum Gasteiger partial charge on any atom is -0.352 e. The first-order valence-corrected chi connectivity index (χ1v) is 11.6. The maximum atomic E-state index is 12.9. The molecule has 3 aromatic rings. The zero-order chi connectivity index (χ0) is 19.6. The lowest BCUT2D eigenvalue weighted by atomic mass is 10.1. The molecule has 1 fully saturated rings. The molecule has 1 aliphatic rings. The van der Waals surface area contributed by atoms with E-state index in [2.05, 4.69) is 15.1 Å². The second-order valence-electron chi connectivity index (χ2n) is 6.61. The van der Waals surface area contributed by atoms with E-state index in [9.17, 15) is 8.42 Å². The highest BCUT2D eigenvalue weighted by molar-refractivity contribution is 7.91. The zero-order valence-electron chi connectivity index (χ0n) is 15.7. The van der Waals surface area contributed by atoms with Crippen molar-refractivity contribution in [2.24, 2.45) is 0 Å². The van der Waals surface area contributed by atoms with Gasteiger partial charge in [-0.25, -0.2) is 8.42 Å². The average Bonchev–Trinajstić information content (AvgIpc) is 3.25. The SMILES string of the molecule is CCc1ccc(S(=O)(=O)N2CCN(c3ccc(-c4ccccc4)nn3)CC2)s1. The predicted molar refractivity (Wildman–Crippen MR) is 112 cm³/mol. The molecule has 28 heavy (non-hydrogen) atoms. The molecule has 0 radical (unpaired) electrons. The molecule has 6 nitrogen and oxygen atoms in total. The van der Waals surface area contributed by atoms with Crippen molar-refractivity contribution < 1.29 is 8.42 Å². The molecule has 0 spiro atoms. The van der Waals surface area contributed by atoms with Crippen molar-refractivity contribution in [1.82, 2.24) is 14.5 Å². The molecule has 0 bridgehead atoms. The maximum Gasteiger partial charge on any atom is 0.252 e. The number of aromatic nitrogens is 2. The van der Waals surface area contributed by atoms with Gasteiger partial charge in [-0.1, -0.05) is 37.3 Å². The lowest BCUT2D eigenvalue weighted by Crippen LogP contribution is -2.48. The van der Waals surface area contributed by atoms with Gasteiger partial charge in [-0.05, 0) is 30.7 Å². The molecular weight excluding hydrogens is 392 g/mol. The van der Waals surface area contributed by atoms with Crippen LogP contribution in [0.25, 0.3) is 11.3 Å². The fourth-order valence-corrected chi connectivity index (χ4v) is 6.10. The summed E-state index contributed by atoms with van der Waals surface area (Å²) in [5, 5.41) is 8.68. The summed E-state index contributed by atoms with van der Waals surface area (Å²) in [4.78, 5) is 3.17. The molecule has 0 atom stereocenters. The van der Waals surface area contributed by atoms with E-state index in [4.69, 9.17) is 0 Å². The van der Waals surface area contributed by atoms with Crippen LogP contribution in [0.2, 0.25) is 0 Å². The summed E-state index contributed by atoms with van der Waals surface area (Å²) in [7, 11) is -3.41. The normalized spacial score (nSPS) is 15.7. The molecule has 0 amide bonds. The monoisotopic (exact) mass is 414 g/mol. The number of rotatable bonds is 5. The summed E-state index contributed by atoms with van der Waals surface area (Å²) in [5.74, 6) is 0.779. The summed E-state index contributed by atoms with van der Waals surface area (Å²) in [6.45, 7) is 4.13. The fraction of sp³-hybridized carbons (Fsp3) is 0.300. The van der Waals surface area contributed by atoms with Crippen molar-refractivity contribution in [2.75, 3.05) is 31.1 Å². The fourth-order valence-electron chi connectivity index (χ4n) is 3.23. The number of piperazine rings is 1. The van der Waals surface area contributed by atoms with Crippen LogP contribution in [0.5, 0.6) is 0 Å². The predicted octanol–water partition coefficient (Wildman–Crippen LogP) is 3.28. The second kappa shape index (κ2) is 7.98. The van der Waals surface area contributed by atoms with Crippen LogP contribution in [0, 0.1) is 0 Å². The largest absolute Gasteiger partial charge is 0.352 e. The molecule has 1 aliphatic heterocycles. The van der Waals surface area contributed by atoms with Gasteiger partial charge in [-0.15, -0.1) is 21.5 Å². The van der Waals surface area contributed by atoms with E-state index in [0.29, 0.717) is 30.4 Å². The third kappa shape index (κ3) is 3.80. The van der Waals surface area contributed by atoms with Crippen LogP contribution < -0.4 is 4.90 Å². The first-order valence-electron chi connectivity index (χ1n) is 9.31. The number of thiophene rings is 1. The Hall–Kier alpha value is -2.29. The van der Waals surface area contributed by atoms with Crippen LogP contribution in [0.4, 0.5) is 5.82 Å². The molecule has 0 saturated carbocycles. The number of nitrogens with zero attached hydrogens (tertiary/aromatic N) is 4. The van der Waals surface area contributed by atoms with E-state index in [1.165, 1.54) is 11.3 Å². The van der Waals surface area contributed by atoms with E-state index < -0.39 is 10.0 Å². The molecule has 0 unspecified atom stereocenters. The van der Waals surface area contributed by atoms with Gasteiger partial charge in [0.2, 0.25) is 0 Å². The maximum absolute atomic E-state index is 12.9. The van der Waals surface area contributed by atoms with Crippen molar-refractivity contribution in [3.63, 3.8) is 0 Å². The standard InChI is InChI=1S/C20H22N4O2S2/c1-2-17-8-11-20(27-17)28(25,26)24-14-12-23(13-15-24)19-10-9-18(21-22-19)16-6-4-3-5-7-16/h3-11H,2,12-15H2,1H3. The van der Waals surface area contributed by atoms with Crippen LogP contribution in [-0.4, -0.2) is 49.1 Å². The van der Waals surface area contributed by atoms with Gasteiger partial charge in [0.1, 0.15) is 4.21 Å². The van der Waals surface area contributed by atoms with Crippen molar-refractivity contribution in [2.45, 2.75) is 17.6 Å². The van der Waals surface area contributed by atoms with E-state index in [1.807, 2.05) is 55.5 Å². The van der Waals surface area contributed by atoms with Gasteiger partial charge in [0.15, 0.2) is 5.82 Å². The van der Waals surface area contributed by atoms with Crippen LogP contribution in [0.1, 0.15) is 11.8 Å². The van der Waals surface area contributed by atoms with E-state index in [0.717, 1.165) is 28.4 Å². The minimum atomic E-state index is -3.41. The Balaban J connectivity index is 1.42. The molecule has 2 aromatic heterocycles. The Morgan fingerprint density at radius 3 is 2.29 bits per heavy atom. The molecule has 4 rings (SSSR count). The van der Waals surface area contributed by atoms with Gasteiger partial charge >= 0.3 is 0 Å². The highest BCUT2D eigenvalue weighted by Gasteiger charge is 2.30. The Bertz CT molecular complexity index is 1030. The first kappa shape index (κ1) is 19.0. The van der Waals surface area contributed by atoms with Gasteiger partial charge in [-0.3, -0.25) is 0 Å². The van der Waals surface area contributed by atoms with Crippen LogP contribution >= 0.6 is 11.3 Å². The van der Waals surface area contributed by atoms with Gasteiger partial charge in [0.05, 0.1) is 5.69 Å². The summed E-state index contributed by atoms with van der Waals surface area (Å²) < 4.78 is 27.7. The molecule has 8 heteroatoms. The summed E-state index contributed by atoms with van der Waals surface area (Å²) in [6.07, 6.45) is 0.853. The minimum absolute atomic E-state index is 0.435. The van der Waals surface area contributed by atoms with Crippen LogP contribution in [0.15, 0.2) is 58.8 Å². The highest BCUT2D eigenvalue weighted by atomic mass is 32.2. The highest BCUT2D eigenvalue weighted by Crippen LogP contribution is 2.27. The Kier molecular flexibility index (Phi) is 5.43. The smallest absolute Gasteiger partial charge is 0.252 e. The molecule has 0 N–H and O–H groups in total. The number of aryl methyl sites for hydroxylation is 1. The second-order valence-corrected chi connectivity index (χ2v) is 9.94. The average molecular weight is 415 g/mol. The van der Waals surface area contributed by atoms with Crippen LogP contribution in [0.3, 0.4) is 0 Å². The van der Waals surface area contributed by atoms with E-state index in [-0.39, 0.29) is 0 Å². The third-order valence-corrected chi connectivity index (χ3v) is 8.46. The Labute approximate surface area is 169 Å². The van der Waals surface area contributed by atoms with Gasteiger partial charge < -0.3 is 4.90 Å². The molecule has 1 saturated heterocycles. The summed E-state index contributed by atoms with van der Waals surface area (Å²) in [6, 6.07) is 17.5.